The summed E-state index contributed by atoms with van der Waals surface area (Å²) in [5, 5.41) is 3.03. The second-order valence-electron chi connectivity index (χ2n) is 22.9. The van der Waals surface area contributed by atoms with Gasteiger partial charge in [-0.3, -0.25) is 14.2 Å². The Morgan fingerprint density at radius 1 is 0.474 bits per heavy atom. The summed E-state index contributed by atoms with van der Waals surface area (Å²) in [6.07, 6.45) is 70.6. The Morgan fingerprint density at radius 2 is 0.855 bits per heavy atom. The van der Waals surface area contributed by atoms with Crippen LogP contribution in [0.15, 0.2) is 60.8 Å². The zero-order valence-electron chi connectivity index (χ0n) is 50.7. The lowest BCUT2D eigenvalue weighted by molar-refractivity contribution is -0.870. The van der Waals surface area contributed by atoms with Gasteiger partial charge in [-0.15, -0.1) is 0 Å². The van der Waals surface area contributed by atoms with Crippen LogP contribution in [-0.4, -0.2) is 69.4 Å². The highest BCUT2D eigenvalue weighted by Crippen LogP contribution is 2.38. The van der Waals surface area contributed by atoms with Gasteiger partial charge in [0, 0.05) is 12.8 Å². The van der Waals surface area contributed by atoms with Crippen molar-refractivity contribution in [3.05, 3.63) is 60.8 Å². The molecule has 0 bridgehead atoms. The van der Waals surface area contributed by atoms with Crippen LogP contribution in [0, 0.1) is 0 Å². The molecule has 1 amide bonds. The SMILES string of the molecule is CC/C=C/C=C/C=C\CCCCCCCC(=O)OC(/C=C\CCCCCCCCCCCC)C(COP(=O)([O-])OCC[N+](C)(C)C)NC(=O)CCCCCCCCCCCCCCCCC/C=C/CCCCCCCC. The molecule has 10 heteroatoms. The maximum Gasteiger partial charge on any atom is 0.306 e. The highest BCUT2D eigenvalue weighted by Gasteiger charge is 2.27. The van der Waals surface area contributed by atoms with Crippen LogP contribution in [0.1, 0.15) is 297 Å². The molecule has 0 fully saturated rings. The van der Waals surface area contributed by atoms with Gasteiger partial charge in [-0.1, -0.05) is 268 Å². The average Bonchev–Trinajstić information content (AvgIpc) is 3.38. The van der Waals surface area contributed by atoms with E-state index in [-0.39, 0.29) is 24.9 Å². The Morgan fingerprint density at radius 3 is 1.29 bits per heavy atom. The van der Waals surface area contributed by atoms with Gasteiger partial charge in [0.1, 0.15) is 19.3 Å². The predicted octanol–water partition coefficient (Wildman–Crippen LogP) is 19.2. The standard InChI is InChI=1S/C66H123N2O7P/c1-7-10-13-16-19-22-25-28-29-30-31-32-33-34-35-36-37-38-39-41-43-46-49-52-55-58-65(69)67-63(62-74-76(71,72)73-61-60-68(4,5)6)64(57-54-51-48-45-42-27-24-21-18-15-12-9-3)75-66(70)59-56-53-50-47-44-40-26-23-20-17-14-11-8-2/h11,14,17,20,23,26,28-29,54,57,63-64H,7-10,12-13,15-16,18-19,21-22,24-25,27,30-53,55-56,58-62H2,1-6H3,(H-,67,69,71,72)/b14-11+,20-17+,26-23-,29-28+,57-54-. The summed E-state index contributed by atoms with van der Waals surface area (Å²) in [7, 11) is 1.18. The van der Waals surface area contributed by atoms with E-state index in [0.717, 1.165) is 77.0 Å². The molecule has 0 spiro atoms. The third-order valence-corrected chi connectivity index (χ3v) is 15.2. The Bertz CT molecular complexity index is 1490. The lowest BCUT2D eigenvalue weighted by Crippen LogP contribution is -2.47. The minimum absolute atomic E-state index is 0.0262. The van der Waals surface area contributed by atoms with E-state index in [0.29, 0.717) is 23.9 Å². The second kappa shape index (κ2) is 56.0. The molecule has 0 aromatic rings. The molecule has 3 unspecified atom stereocenters. The first-order chi connectivity index (χ1) is 36.9. The Kier molecular flexibility index (Phi) is 54.3. The molecule has 0 heterocycles. The number of hydrogen-bond donors (Lipinski definition) is 1. The van der Waals surface area contributed by atoms with Gasteiger partial charge >= 0.3 is 5.97 Å². The van der Waals surface area contributed by atoms with Crippen LogP contribution in [0.4, 0.5) is 0 Å². The van der Waals surface area contributed by atoms with E-state index in [1.54, 1.807) is 0 Å². The van der Waals surface area contributed by atoms with E-state index >= 15 is 0 Å². The summed E-state index contributed by atoms with van der Waals surface area (Å²) < 4.78 is 30.3. The van der Waals surface area contributed by atoms with Gasteiger partial charge in [0.25, 0.3) is 7.82 Å². The molecular weight excluding hydrogens is 964 g/mol. The number of amides is 1. The van der Waals surface area contributed by atoms with Gasteiger partial charge in [-0.05, 0) is 76.7 Å². The number of phosphoric acid groups is 1. The number of phosphoric ester groups is 1. The van der Waals surface area contributed by atoms with Crippen molar-refractivity contribution in [1.29, 1.82) is 0 Å². The summed E-state index contributed by atoms with van der Waals surface area (Å²) in [6.45, 7) is 6.71. The molecule has 76 heavy (non-hydrogen) atoms. The van der Waals surface area contributed by atoms with E-state index in [1.807, 2.05) is 33.3 Å². The number of carbonyl (C=O) groups is 2. The quantitative estimate of drug-likeness (QED) is 0.0161. The third-order valence-electron chi connectivity index (χ3n) is 14.2. The zero-order valence-corrected chi connectivity index (χ0v) is 51.6. The molecule has 0 rings (SSSR count). The van der Waals surface area contributed by atoms with Crippen molar-refractivity contribution < 1.29 is 37.3 Å². The van der Waals surface area contributed by atoms with Crippen molar-refractivity contribution in [2.24, 2.45) is 0 Å². The highest BCUT2D eigenvalue weighted by molar-refractivity contribution is 7.45. The molecule has 0 aliphatic carbocycles. The number of allylic oxidation sites excluding steroid dienone is 9. The molecule has 0 aliphatic heterocycles. The van der Waals surface area contributed by atoms with Gasteiger partial charge < -0.3 is 28.5 Å². The van der Waals surface area contributed by atoms with Gasteiger partial charge in [0.15, 0.2) is 0 Å². The fraction of sp³-hybridized carbons (Fsp3) is 0.818. The van der Waals surface area contributed by atoms with Crippen LogP contribution in [0.3, 0.4) is 0 Å². The molecule has 0 saturated carbocycles. The largest absolute Gasteiger partial charge is 0.756 e. The first-order valence-corrected chi connectivity index (χ1v) is 33.6. The lowest BCUT2D eigenvalue weighted by atomic mass is 10.0. The number of esters is 1. The number of likely N-dealkylation sites (N-methyl/N-ethyl adjacent to an activating group) is 1. The summed E-state index contributed by atoms with van der Waals surface area (Å²) >= 11 is 0. The van der Waals surface area contributed by atoms with E-state index in [4.69, 9.17) is 13.8 Å². The summed E-state index contributed by atoms with van der Waals surface area (Å²) in [5.41, 5.74) is 0. The Hall–Kier alpha value is -2.29. The molecule has 3 atom stereocenters. The van der Waals surface area contributed by atoms with Gasteiger partial charge in [0.2, 0.25) is 5.91 Å². The topological polar surface area (TPSA) is 114 Å². The van der Waals surface area contributed by atoms with Crippen molar-refractivity contribution >= 4 is 19.7 Å². The first kappa shape index (κ1) is 73.7. The molecule has 0 radical (unpaired) electrons. The Balaban J connectivity index is 5.07. The summed E-state index contributed by atoms with van der Waals surface area (Å²) in [5.74, 6) is -0.558. The molecular formula is C66H123N2O7P. The fourth-order valence-corrected chi connectivity index (χ4v) is 10.0. The predicted molar refractivity (Wildman–Crippen MR) is 325 cm³/mol. The number of carbonyl (C=O) groups excluding carboxylic acids is 2. The maximum atomic E-state index is 13.5. The zero-order chi connectivity index (χ0) is 55.7. The molecule has 444 valence electrons. The van der Waals surface area contributed by atoms with Crippen molar-refractivity contribution in [2.75, 3.05) is 40.9 Å². The summed E-state index contributed by atoms with van der Waals surface area (Å²) in [6, 6.07) is -0.896. The first-order valence-electron chi connectivity index (χ1n) is 32.1. The van der Waals surface area contributed by atoms with E-state index in [1.165, 1.54) is 180 Å². The van der Waals surface area contributed by atoms with E-state index in [2.05, 4.69) is 74.7 Å². The third kappa shape index (κ3) is 56.4. The van der Waals surface area contributed by atoms with Crippen LogP contribution in [0.25, 0.3) is 0 Å². The van der Waals surface area contributed by atoms with Gasteiger partial charge in [0.05, 0.1) is 33.8 Å². The number of hydrogen-bond acceptors (Lipinski definition) is 7. The minimum Gasteiger partial charge on any atom is -0.756 e. The van der Waals surface area contributed by atoms with E-state index < -0.39 is 26.6 Å². The van der Waals surface area contributed by atoms with Crippen LogP contribution in [0.5, 0.6) is 0 Å². The number of ether oxygens (including phenoxy) is 1. The van der Waals surface area contributed by atoms with E-state index in [9.17, 15) is 19.0 Å². The van der Waals surface area contributed by atoms with Gasteiger partial charge in [-0.2, -0.15) is 0 Å². The van der Waals surface area contributed by atoms with Crippen molar-refractivity contribution in [3.63, 3.8) is 0 Å². The monoisotopic (exact) mass is 1090 g/mol. The summed E-state index contributed by atoms with van der Waals surface area (Å²) in [4.78, 5) is 40.0. The van der Waals surface area contributed by atoms with Crippen molar-refractivity contribution in [1.82, 2.24) is 5.32 Å². The van der Waals surface area contributed by atoms with Crippen LogP contribution < -0.4 is 10.2 Å². The Labute approximate surface area is 471 Å². The molecule has 0 aliphatic rings. The number of unbranched alkanes of at least 4 members (excludes halogenated alkanes) is 36. The fourth-order valence-electron chi connectivity index (χ4n) is 9.28. The number of quaternary nitrogens is 1. The normalized spacial score (nSPS) is 14.0. The minimum atomic E-state index is -4.70. The van der Waals surface area contributed by atoms with Crippen molar-refractivity contribution in [3.8, 4) is 0 Å². The maximum absolute atomic E-state index is 13.5. The number of rotatable bonds is 58. The van der Waals surface area contributed by atoms with Crippen molar-refractivity contribution in [2.45, 2.75) is 309 Å². The highest BCUT2D eigenvalue weighted by atomic mass is 31.2. The molecule has 0 aromatic carbocycles. The van der Waals surface area contributed by atoms with Crippen LogP contribution in [0.2, 0.25) is 0 Å². The average molecular weight is 1090 g/mol. The van der Waals surface area contributed by atoms with Crippen LogP contribution in [-0.2, 0) is 27.9 Å². The van der Waals surface area contributed by atoms with Crippen LogP contribution >= 0.6 is 7.82 Å². The number of nitrogens with one attached hydrogen (secondary N) is 1. The molecule has 0 saturated heterocycles. The lowest BCUT2D eigenvalue weighted by Gasteiger charge is -2.30. The smallest absolute Gasteiger partial charge is 0.306 e. The molecule has 0 aromatic heterocycles. The molecule has 1 N–H and O–H groups in total. The molecule has 9 nitrogen and oxygen atoms in total. The second-order valence-corrected chi connectivity index (χ2v) is 24.4. The number of nitrogens with zero attached hydrogens (tertiary/aromatic N) is 1. The van der Waals surface area contributed by atoms with Gasteiger partial charge in [-0.25, -0.2) is 0 Å².